The summed E-state index contributed by atoms with van der Waals surface area (Å²) in [5.41, 5.74) is 0. The molecule has 0 aliphatic carbocycles. The van der Waals surface area contributed by atoms with Gasteiger partial charge in [-0.15, -0.1) is 0 Å². The summed E-state index contributed by atoms with van der Waals surface area (Å²) in [7, 11) is 0. The summed E-state index contributed by atoms with van der Waals surface area (Å²) in [4.78, 5) is 32.5. The highest BCUT2D eigenvalue weighted by molar-refractivity contribution is 6.01. The number of anilines is 1. The predicted molar refractivity (Wildman–Crippen MR) is 95.2 cm³/mol. The summed E-state index contributed by atoms with van der Waals surface area (Å²) in [5, 5.41) is 4.20. The molecule has 1 saturated heterocycles. The molecule has 2 aromatic rings. The minimum atomic E-state index is -0.270. The molecule has 4 heterocycles. The monoisotopic (exact) mass is 371 g/mol. The van der Waals surface area contributed by atoms with E-state index in [2.05, 4.69) is 10.1 Å². The first-order valence-electron chi connectivity index (χ1n) is 8.95. The third-order valence-electron chi connectivity index (χ3n) is 4.60. The van der Waals surface area contributed by atoms with E-state index in [9.17, 15) is 9.59 Å². The highest BCUT2D eigenvalue weighted by Gasteiger charge is 2.31. The van der Waals surface area contributed by atoms with Crippen LogP contribution in [-0.2, 0) is 20.9 Å². The van der Waals surface area contributed by atoms with Gasteiger partial charge in [0.2, 0.25) is 5.91 Å². The molecule has 27 heavy (non-hydrogen) atoms. The van der Waals surface area contributed by atoms with Crippen molar-refractivity contribution in [1.29, 1.82) is 0 Å². The van der Waals surface area contributed by atoms with E-state index in [1.807, 2.05) is 12.3 Å². The van der Waals surface area contributed by atoms with Crippen LogP contribution in [0.25, 0.3) is 0 Å². The van der Waals surface area contributed by atoms with E-state index < -0.39 is 0 Å². The second kappa shape index (κ2) is 7.75. The average Bonchev–Trinajstić information content (AvgIpc) is 3.07. The molecule has 2 aromatic heterocycles. The normalized spacial score (nSPS) is 20.0. The maximum Gasteiger partial charge on any atom is 0.266 e. The number of carbonyl (C=O) groups excluding carboxylic acids is 2. The van der Waals surface area contributed by atoms with Crippen molar-refractivity contribution in [3.8, 4) is 5.75 Å². The summed E-state index contributed by atoms with van der Waals surface area (Å²) in [6.45, 7) is 2.10. The number of fused-ring (bicyclic) bond motifs is 1. The minimum Gasteiger partial charge on any atom is -0.480 e. The van der Waals surface area contributed by atoms with Gasteiger partial charge >= 0.3 is 0 Å². The van der Waals surface area contributed by atoms with Crippen molar-refractivity contribution < 1.29 is 19.1 Å². The van der Waals surface area contributed by atoms with Gasteiger partial charge < -0.3 is 14.4 Å². The highest BCUT2D eigenvalue weighted by atomic mass is 16.5. The minimum absolute atomic E-state index is 0.0549. The van der Waals surface area contributed by atoms with Crippen LogP contribution in [0.2, 0.25) is 0 Å². The molecule has 1 unspecified atom stereocenters. The predicted octanol–water partition coefficient (Wildman–Crippen LogP) is 0.321. The molecule has 0 radical (unpaired) electrons. The zero-order chi connectivity index (χ0) is 18.6. The zero-order valence-electron chi connectivity index (χ0n) is 14.9. The number of hydrogen-bond donors (Lipinski definition) is 0. The van der Waals surface area contributed by atoms with Crippen molar-refractivity contribution in [2.24, 2.45) is 0 Å². The molecule has 2 aliphatic rings. The molecular weight excluding hydrogens is 350 g/mol. The number of pyridine rings is 1. The summed E-state index contributed by atoms with van der Waals surface area (Å²) in [5.74, 6) is 0.508. The number of amides is 2. The zero-order valence-corrected chi connectivity index (χ0v) is 14.9. The smallest absolute Gasteiger partial charge is 0.266 e. The van der Waals surface area contributed by atoms with Crippen molar-refractivity contribution in [3.05, 3.63) is 36.8 Å². The molecule has 1 atom stereocenters. The fraction of sp³-hybridized carbons (Fsp3) is 0.444. The Bertz CT molecular complexity index is 810. The van der Waals surface area contributed by atoms with Gasteiger partial charge in [0, 0.05) is 38.3 Å². The van der Waals surface area contributed by atoms with Crippen molar-refractivity contribution in [2.75, 3.05) is 37.7 Å². The van der Waals surface area contributed by atoms with E-state index in [0.717, 1.165) is 6.42 Å². The highest BCUT2D eigenvalue weighted by Crippen LogP contribution is 2.28. The Balaban J connectivity index is 1.44. The summed E-state index contributed by atoms with van der Waals surface area (Å²) < 4.78 is 13.0. The number of nitrogens with zero attached hydrogens (tertiary/aromatic N) is 5. The quantitative estimate of drug-likeness (QED) is 0.769. The molecule has 0 bridgehead atoms. The lowest BCUT2D eigenvalue weighted by atomic mass is 10.2. The van der Waals surface area contributed by atoms with Crippen LogP contribution in [0, 0.1) is 0 Å². The van der Waals surface area contributed by atoms with Crippen LogP contribution in [0.4, 0.5) is 5.82 Å². The first-order valence-corrected chi connectivity index (χ1v) is 8.95. The van der Waals surface area contributed by atoms with Crippen LogP contribution < -0.4 is 9.64 Å². The number of ether oxygens (including phenoxy) is 2. The van der Waals surface area contributed by atoms with Gasteiger partial charge in [-0.05, 0) is 24.6 Å². The Morgan fingerprint density at radius 2 is 2.22 bits per heavy atom. The molecule has 0 saturated carbocycles. The first-order chi connectivity index (χ1) is 13.2. The standard InChI is InChI=1S/C18H21N5O4/c24-16(12-23-17(25)13-27-15-4-1-5-19-18(15)23)21-7-3-9-26-14(10-21)11-22-8-2-6-20-22/h1-2,4-6,8,14H,3,7,9-13H2. The topological polar surface area (TPSA) is 89.8 Å². The second-order valence-corrected chi connectivity index (χ2v) is 6.51. The Morgan fingerprint density at radius 1 is 1.30 bits per heavy atom. The summed E-state index contributed by atoms with van der Waals surface area (Å²) in [6, 6.07) is 5.33. The van der Waals surface area contributed by atoms with E-state index in [-0.39, 0.29) is 31.1 Å². The van der Waals surface area contributed by atoms with Crippen LogP contribution in [0.3, 0.4) is 0 Å². The fourth-order valence-electron chi connectivity index (χ4n) is 3.28. The maximum absolute atomic E-state index is 12.9. The van der Waals surface area contributed by atoms with Gasteiger partial charge in [0.25, 0.3) is 5.91 Å². The van der Waals surface area contributed by atoms with Crippen molar-refractivity contribution in [2.45, 2.75) is 19.1 Å². The number of aromatic nitrogens is 3. The molecule has 9 heteroatoms. The van der Waals surface area contributed by atoms with E-state index in [1.54, 1.807) is 34.1 Å². The lowest BCUT2D eigenvalue weighted by Gasteiger charge is -2.30. The maximum atomic E-state index is 12.9. The molecule has 0 spiro atoms. The van der Waals surface area contributed by atoms with E-state index in [0.29, 0.717) is 37.8 Å². The van der Waals surface area contributed by atoms with Crippen molar-refractivity contribution >= 4 is 17.6 Å². The van der Waals surface area contributed by atoms with Crippen molar-refractivity contribution in [1.82, 2.24) is 19.7 Å². The molecule has 9 nitrogen and oxygen atoms in total. The Morgan fingerprint density at radius 3 is 3.07 bits per heavy atom. The van der Waals surface area contributed by atoms with Crippen molar-refractivity contribution in [3.63, 3.8) is 0 Å². The molecular formula is C18H21N5O4. The molecule has 2 amide bonds. The van der Waals surface area contributed by atoms with Crippen LogP contribution >= 0.6 is 0 Å². The number of rotatable bonds is 4. The van der Waals surface area contributed by atoms with E-state index in [4.69, 9.17) is 9.47 Å². The van der Waals surface area contributed by atoms with Gasteiger partial charge in [-0.2, -0.15) is 5.10 Å². The van der Waals surface area contributed by atoms with Gasteiger partial charge in [0.15, 0.2) is 18.2 Å². The molecule has 2 aliphatic heterocycles. The number of carbonyl (C=O) groups is 2. The molecule has 0 N–H and O–H groups in total. The molecule has 4 rings (SSSR count). The first kappa shape index (κ1) is 17.5. The van der Waals surface area contributed by atoms with Gasteiger partial charge in [-0.3, -0.25) is 19.2 Å². The lowest BCUT2D eigenvalue weighted by molar-refractivity contribution is -0.132. The van der Waals surface area contributed by atoms with Crippen LogP contribution in [0.15, 0.2) is 36.8 Å². The van der Waals surface area contributed by atoms with Crippen LogP contribution in [0.5, 0.6) is 5.75 Å². The fourth-order valence-corrected chi connectivity index (χ4v) is 3.28. The summed E-state index contributed by atoms with van der Waals surface area (Å²) >= 11 is 0. The molecule has 1 fully saturated rings. The van der Waals surface area contributed by atoms with Crippen LogP contribution in [-0.4, -0.2) is 70.4 Å². The van der Waals surface area contributed by atoms with Gasteiger partial charge in [0.05, 0.1) is 12.6 Å². The lowest BCUT2D eigenvalue weighted by Crippen LogP contribution is -2.48. The Hall–Kier alpha value is -2.94. The second-order valence-electron chi connectivity index (χ2n) is 6.51. The van der Waals surface area contributed by atoms with Gasteiger partial charge in [-0.1, -0.05) is 0 Å². The summed E-state index contributed by atoms with van der Waals surface area (Å²) in [6.07, 6.45) is 5.79. The average molecular weight is 371 g/mol. The van der Waals surface area contributed by atoms with Crippen LogP contribution in [0.1, 0.15) is 6.42 Å². The molecule has 142 valence electrons. The third-order valence-corrected chi connectivity index (χ3v) is 4.60. The Kier molecular flexibility index (Phi) is 5.01. The molecule has 0 aromatic carbocycles. The van der Waals surface area contributed by atoms with E-state index >= 15 is 0 Å². The largest absolute Gasteiger partial charge is 0.480 e. The SMILES string of the molecule is O=C(CN1C(=O)COc2cccnc21)N1CCCOC(Cn2cccn2)C1. The van der Waals surface area contributed by atoms with Gasteiger partial charge in [0.1, 0.15) is 6.54 Å². The van der Waals surface area contributed by atoms with E-state index in [1.165, 1.54) is 4.90 Å². The number of hydrogen-bond acceptors (Lipinski definition) is 6. The third kappa shape index (κ3) is 3.92. The Labute approximate surface area is 156 Å². The van der Waals surface area contributed by atoms with Gasteiger partial charge in [-0.25, -0.2) is 4.98 Å².